The van der Waals surface area contributed by atoms with Crippen molar-refractivity contribution in [3.8, 4) is 11.6 Å². The van der Waals surface area contributed by atoms with Gasteiger partial charge in [0.15, 0.2) is 5.82 Å². The van der Waals surface area contributed by atoms with Crippen molar-refractivity contribution in [1.82, 2.24) is 20.1 Å². The number of nitrogens with one attached hydrogen (secondary N) is 1. The van der Waals surface area contributed by atoms with E-state index in [4.69, 9.17) is 0 Å². The molecule has 0 unspecified atom stereocenters. The Bertz CT molecular complexity index is 1020. The average Bonchev–Trinajstić information content (AvgIpc) is 3.04. The summed E-state index contributed by atoms with van der Waals surface area (Å²) < 4.78 is 1.79. The van der Waals surface area contributed by atoms with Crippen molar-refractivity contribution in [2.75, 3.05) is 0 Å². The summed E-state index contributed by atoms with van der Waals surface area (Å²) in [6.45, 7) is 4.28. The zero-order valence-corrected chi connectivity index (χ0v) is 16.2. The third-order valence-electron chi connectivity index (χ3n) is 5.19. The smallest absolute Gasteiger partial charge is 0.255 e. The van der Waals surface area contributed by atoms with Gasteiger partial charge in [-0.2, -0.15) is 5.10 Å². The molecule has 144 valence electrons. The van der Waals surface area contributed by atoms with Gasteiger partial charge in [-0.3, -0.25) is 4.79 Å². The van der Waals surface area contributed by atoms with Gasteiger partial charge in [0.25, 0.3) is 5.91 Å². The highest BCUT2D eigenvalue weighted by Crippen LogP contribution is 2.28. The molecule has 1 amide bonds. The molecule has 1 aromatic carbocycles. The van der Waals surface area contributed by atoms with Crippen LogP contribution in [0.1, 0.15) is 51.3 Å². The molecule has 0 saturated heterocycles. The van der Waals surface area contributed by atoms with Crippen LogP contribution in [0.15, 0.2) is 36.5 Å². The van der Waals surface area contributed by atoms with Crippen LogP contribution in [0, 0.1) is 13.8 Å². The lowest BCUT2D eigenvalue weighted by Crippen LogP contribution is -2.23. The molecule has 0 bridgehead atoms. The lowest BCUT2D eigenvalue weighted by atomic mass is 9.90. The Labute approximate surface area is 164 Å². The molecule has 1 aliphatic carbocycles. The number of rotatable bonds is 4. The Kier molecular flexibility index (Phi) is 4.86. The Hall–Kier alpha value is -3.15. The third kappa shape index (κ3) is 3.63. The molecule has 6 heteroatoms. The average molecular weight is 376 g/mol. The molecular weight excluding hydrogens is 352 g/mol. The second-order valence-corrected chi connectivity index (χ2v) is 7.39. The van der Waals surface area contributed by atoms with E-state index in [2.05, 4.69) is 15.4 Å². The van der Waals surface area contributed by atoms with E-state index in [9.17, 15) is 9.90 Å². The fourth-order valence-corrected chi connectivity index (χ4v) is 3.74. The first-order valence-corrected chi connectivity index (χ1v) is 9.63. The number of nitrogens with zero attached hydrogens (tertiary/aromatic N) is 3. The Morgan fingerprint density at radius 2 is 1.89 bits per heavy atom. The van der Waals surface area contributed by atoms with Crippen molar-refractivity contribution >= 4 is 5.91 Å². The maximum absolute atomic E-state index is 12.6. The maximum atomic E-state index is 12.6. The lowest BCUT2D eigenvalue weighted by Gasteiger charge is -2.17. The first-order valence-electron chi connectivity index (χ1n) is 9.63. The molecule has 2 heterocycles. The molecule has 0 saturated carbocycles. The number of hydrogen-bond acceptors (Lipinski definition) is 4. The van der Waals surface area contributed by atoms with Crippen LogP contribution in [0.25, 0.3) is 5.82 Å². The Morgan fingerprint density at radius 1 is 1.14 bits per heavy atom. The second kappa shape index (κ2) is 7.46. The summed E-state index contributed by atoms with van der Waals surface area (Å²) in [6.07, 6.45) is 5.94. The molecule has 0 spiro atoms. The zero-order chi connectivity index (χ0) is 19.7. The number of phenolic OH excluding ortho intramolecular Hbond substituents is 1. The van der Waals surface area contributed by atoms with E-state index in [0.717, 1.165) is 54.0 Å². The minimum absolute atomic E-state index is 0.0520. The van der Waals surface area contributed by atoms with E-state index in [1.54, 1.807) is 16.9 Å². The van der Waals surface area contributed by atoms with Gasteiger partial charge in [-0.05, 0) is 80.5 Å². The minimum atomic E-state index is -0.270. The lowest BCUT2D eigenvalue weighted by molar-refractivity contribution is 0.0948. The number of aromatic nitrogens is 3. The molecular formula is C22H24N4O2. The van der Waals surface area contributed by atoms with Crippen molar-refractivity contribution < 1.29 is 9.90 Å². The number of carbonyl (C=O) groups is 1. The van der Waals surface area contributed by atoms with Crippen molar-refractivity contribution in [2.24, 2.45) is 0 Å². The van der Waals surface area contributed by atoms with Crippen molar-refractivity contribution in [3.63, 3.8) is 0 Å². The van der Waals surface area contributed by atoms with Gasteiger partial charge in [0.05, 0.1) is 11.3 Å². The van der Waals surface area contributed by atoms with E-state index in [0.29, 0.717) is 12.1 Å². The largest absolute Gasteiger partial charge is 0.507 e. The predicted molar refractivity (Wildman–Crippen MR) is 107 cm³/mol. The molecule has 4 rings (SSSR count). The number of pyridine rings is 1. The number of benzene rings is 1. The van der Waals surface area contributed by atoms with E-state index in [1.807, 2.05) is 38.1 Å². The van der Waals surface area contributed by atoms with Gasteiger partial charge < -0.3 is 10.4 Å². The highest BCUT2D eigenvalue weighted by atomic mass is 16.3. The summed E-state index contributed by atoms with van der Waals surface area (Å²) in [5.74, 6) is 0.526. The minimum Gasteiger partial charge on any atom is -0.507 e. The first kappa shape index (κ1) is 18.2. The highest BCUT2D eigenvalue weighted by molar-refractivity contribution is 5.97. The fourth-order valence-electron chi connectivity index (χ4n) is 3.74. The van der Waals surface area contributed by atoms with Crippen molar-refractivity contribution in [1.29, 1.82) is 0 Å². The van der Waals surface area contributed by atoms with E-state index < -0.39 is 0 Å². The van der Waals surface area contributed by atoms with Crippen LogP contribution in [0.4, 0.5) is 0 Å². The number of carbonyl (C=O) groups excluding carboxylic acids is 1. The van der Waals surface area contributed by atoms with Crippen LogP contribution in [0.3, 0.4) is 0 Å². The fraction of sp³-hybridized carbons (Fsp3) is 0.318. The van der Waals surface area contributed by atoms with Crippen LogP contribution < -0.4 is 5.32 Å². The monoisotopic (exact) mass is 376 g/mol. The quantitative estimate of drug-likeness (QED) is 0.731. The number of fused-ring (bicyclic) bond motifs is 1. The molecule has 2 aromatic heterocycles. The normalized spacial score (nSPS) is 13.2. The molecule has 2 N–H and O–H groups in total. The van der Waals surface area contributed by atoms with Crippen molar-refractivity contribution in [2.45, 2.75) is 46.1 Å². The van der Waals surface area contributed by atoms with Gasteiger partial charge in [-0.15, -0.1) is 0 Å². The zero-order valence-electron chi connectivity index (χ0n) is 16.2. The molecule has 3 aromatic rings. The SMILES string of the molecule is Cc1cc(C)n(-c2ccc(CNC(=O)c3cc4c(cc3O)CCCC4)cn2)n1. The third-order valence-corrected chi connectivity index (χ3v) is 5.19. The summed E-state index contributed by atoms with van der Waals surface area (Å²) in [6, 6.07) is 9.39. The van der Waals surface area contributed by atoms with E-state index in [-0.39, 0.29) is 11.7 Å². The molecule has 6 nitrogen and oxygen atoms in total. The molecule has 0 fully saturated rings. The molecule has 28 heavy (non-hydrogen) atoms. The van der Waals surface area contributed by atoms with Crippen LogP contribution in [0.2, 0.25) is 0 Å². The summed E-state index contributed by atoms with van der Waals surface area (Å²) in [5, 5.41) is 17.5. The molecule has 1 aliphatic rings. The summed E-state index contributed by atoms with van der Waals surface area (Å²) in [4.78, 5) is 17.0. The van der Waals surface area contributed by atoms with Gasteiger partial charge in [-0.1, -0.05) is 6.07 Å². The van der Waals surface area contributed by atoms with Gasteiger partial charge >= 0.3 is 0 Å². The van der Waals surface area contributed by atoms with Crippen LogP contribution in [-0.4, -0.2) is 25.8 Å². The van der Waals surface area contributed by atoms with Gasteiger partial charge in [0, 0.05) is 18.4 Å². The number of aromatic hydroxyl groups is 1. The van der Waals surface area contributed by atoms with E-state index >= 15 is 0 Å². The predicted octanol–water partition coefficient (Wildman–Crippen LogP) is 3.40. The summed E-state index contributed by atoms with van der Waals surface area (Å²) in [5.41, 5.74) is 5.52. The van der Waals surface area contributed by atoms with Crippen molar-refractivity contribution in [3.05, 3.63) is 70.2 Å². The Morgan fingerprint density at radius 3 is 2.54 bits per heavy atom. The summed E-state index contributed by atoms with van der Waals surface area (Å²) in [7, 11) is 0. The molecule has 0 atom stereocenters. The second-order valence-electron chi connectivity index (χ2n) is 7.39. The standard InChI is InChI=1S/C22H24N4O2/c1-14-9-15(2)26(25-14)21-8-7-16(12-23-21)13-24-22(28)19-10-17-5-3-4-6-18(17)11-20(19)27/h7-12,27H,3-6,13H2,1-2H3,(H,24,28). The molecule has 0 radical (unpaired) electrons. The van der Waals surface area contributed by atoms with Crippen LogP contribution in [-0.2, 0) is 19.4 Å². The highest BCUT2D eigenvalue weighted by Gasteiger charge is 2.17. The Balaban J connectivity index is 1.44. The van der Waals surface area contributed by atoms with Crippen LogP contribution >= 0.6 is 0 Å². The maximum Gasteiger partial charge on any atom is 0.255 e. The number of hydrogen-bond donors (Lipinski definition) is 2. The first-order chi connectivity index (χ1) is 13.5. The number of aryl methyl sites for hydroxylation is 4. The van der Waals surface area contributed by atoms with Gasteiger partial charge in [0.1, 0.15) is 5.75 Å². The topological polar surface area (TPSA) is 80.0 Å². The summed E-state index contributed by atoms with van der Waals surface area (Å²) >= 11 is 0. The van der Waals surface area contributed by atoms with Gasteiger partial charge in [-0.25, -0.2) is 9.67 Å². The number of phenols is 1. The van der Waals surface area contributed by atoms with Gasteiger partial charge in [0.2, 0.25) is 0 Å². The van der Waals surface area contributed by atoms with E-state index in [1.165, 1.54) is 5.56 Å². The molecule has 0 aliphatic heterocycles. The number of amides is 1. The van der Waals surface area contributed by atoms with Crippen LogP contribution in [0.5, 0.6) is 5.75 Å².